The van der Waals surface area contributed by atoms with E-state index in [-0.39, 0.29) is 0 Å². The van der Waals surface area contributed by atoms with E-state index in [9.17, 15) is 0 Å². The van der Waals surface area contributed by atoms with Crippen LogP contribution < -0.4 is 30.4 Å². The largest absolute Gasteiger partial charge is 0.457 e. The molecule has 2 aliphatic heterocycles. The Morgan fingerprint density at radius 3 is 1.64 bits per heavy atom. The number of rotatable bonds is 5. The second-order valence-electron chi connectivity index (χ2n) is 15.5. The van der Waals surface area contributed by atoms with Crippen LogP contribution >= 0.6 is 11.8 Å². The van der Waals surface area contributed by atoms with E-state index in [1.165, 1.54) is 63.9 Å². The lowest BCUT2D eigenvalue weighted by molar-refractivity contribution is 0.487. The number of ether oxygens (including phenoxy) is 1. The van der Waals surface area contributed by atoms with Gasteiger partial charge in [0.25, 0.3) is 0 Å². The molecular formula is C55H37NOSSi. The molecule has 12 rings (SSSR count). The van der Waals surface area contributed by atoms with Crippen LogP contribution in [0.5, 0.6) is 11.5 Å². The molecular weight excluding hydrogens is 751 g/mol. The lowest BCUT2D eigenvalue weighted by Gasteiger charge is -2.43. The van der Waals surface area contributed by atoms with Crippen molar-refractivity contribution in [3.05, 3.63) is 247 Å². The zero-order valence-electron chi connectivity index (χ0n) is 32.1. The Hall–Kier alpha value is -6.85. The van der Waals surface area contributed by atoms with Gasteiger partial charge in [0.2, 0.25) is 0 Å². The third-order valence-electron chi connectivity index (χ3n) is 12.7. The van der Waals surface area contributed by atoms with Gasteiger partial charge in [0.05, 0.1) is 11.1 Å². The first-order valence-electron chi connectivity index (χ1n) is 20.3. The molecule has 0 amide bonds. The van der Waals surface area contributed by atoms with Gasteiger partial charge in [0.1, 0.15) is 11.5 Å². The quantitative estimate of drug-likeness (QED) is 0.161. The van der Waals surface area contributed by atoms with E-state index in [0.29, 0.717) is 0 Å². The van der Waals surface area contributed by atoms with E-state index < -0.39 is 13.5 Å². The van der Waals surface area contributed by atoms with Crippen LogP contribution in [0.1, 0.15) is 22.3 Å². The molecule has 0 bridgehead atoms. The Morgan fingerprint density at radius 1 is 0.407 bits per heavy atom. The van der Waals surface area contributed by atoms with E-state index in [0.717, 1.165) is 28.6 Å². The fourth-order valence-electron chi connectivity index (χ4n) is 10.4. The maximum absolute atomic E-state index is 7.10. The monoisotopic (exact) mass is 787 g/mol. The lowest BCUT2D eigenvalue weighted by atomic mass is 9.68. The number of fused-ring (bicyclic) bond motifs is 11. The van der Waals surface area contributed by atoms with Gasteiger partial charge in [-0.15, -0.1) is 0 Å². The molecule has 3 aliphatic rings. The molecule has 0 aromatic heterocycles. The molecule has 9 aromatic carbocycles. The van der Waals surface area contributed by atoms with Crippen molar-refractivity contribution in [3.8, 4) is 22.6 Å². The van der Waals surface area contributed by atoms with Gasteiger partial charge in [0, 0.05) is 32.8 Å². The maximum atomic E-state index is 7.10. The summed E-state index contributed by atoms with van der Waals surface area (Å²) in [6, 6.07) is 82.7. The molecule has 278 valence electrons. The maximum Gasteiger partial charge on any atom is 0.190 e. The first kappa shape index (κ1) is 34.2. The standard InChI is InChI=1S/C55H37NOSSi/c1-4-19-38(20-5-1)55(39-21-6-2-7-22-39)43-26-11-10-25-42(43)54-44(55)27-18-28-45(54)56(40-23-8-3-9-24-40)41-35-36-51-47(37-41)57-46-29-12-15-32-50(46)59(51)52-33-16-13-30-48(52)58-49-31-14-17-34-53(49)59/h1-37H. The summed E-state index contributed by atoms with van der Waals surface area (Å²) in [4.78, 5) is 5.10. The number of benzene rings is 9. The van der Waals surface area contributed by atoms with Crippen LogP contribution in [0.25, 0.3) is 11.1 Å². The van der Waals surface area contributed by atoms with Crippen LogP contribution in [0.4, 0.5) is 17.1 Å². The van der Waals surface area contributed by atoms with Crippen molar-refractivity contribution in [1.82, 2.24) is 0 Å². The second kappa shape index (κ2) is 13.4. The smallest absolute Gasteiger partial charge is 0.190 e. The first-order valence-corrected chi connectivity index (χ1v) is 23.1. The normalized spacial score (nSPS) is 14.4. The third-order valence-corrected chi connectivity index (χ3v) is 19.1. The topological polar surface area (TPSA) is 12.5 Å². The molecule has 0 fully saturated rings. The minimum Gasteiger partial charge on any atom is -0.457 e. The third kappa shape index (κ3) is 4.82. The number of hydrogen-bond donors (Lipinski definition) is 0. The van der Waals surface area contributed by atoms with E-state index in [1.54, 1.807) is 0 Å². The Balaban J connectivity index is 1.13. The van der Waals surface area contributed by atoms with Gasteiger partial charge in [0.15, 0.2) is 8.07 Å². The van der Waals surface area contributed by atoms with Gasteiger partial charge >= 0.3 is 0 Å². The van der Waals surface area contributed by atoms with E-state index in [2.05, 4.69) is 229 Å². The van der Waals surface area contributed by atoms with Crippen molar-refractivity contribution >= 4 is 57.6 Å². The van der Waals surface area contributed by atoms with Gasteiger partial charge in [-0.05, 0) is 91.0 Å². The summed E-state index contributed by atoms with van der Waals surface area (Å²) in [5.41, 5.74) is 10.3. The summed E-state index contributed by atoms with van der Waals surface area (Å²) in [6.07, 6.45) is 0. The summed E-state index contributed by atoms with van der Waals surface area (Å²) in [7, 11) is -2.79. The SMILES string of the molecule is c1ccc(N(c2ccc3c(c2)Oc2ccccc2[Si]32c3ccccc3Sc3ccccc32)c2cccc3c2-c2ccccc2C3(c2ccccc2)c2ccccc2)cc1. The van der Waals surface area contributed by atoms with Gasteiger partial charge < -0.3 is 9.64 Å². The van der Waals surface area contributed by atoms with Gasteiger partial charge in [-0.1, -0.05) is 188 Å². The zero-order chi connectivity index (χ0) is 39.0. The molecule has 0 saturated heterocycles. The molecule has 0 radical (unpaired) electrons. The Labute approximate surface area is 350 Å². The van der Waals surface area contributed by atoms with E-state index in [1.807, 2.05) is 11.8 Å². The van der Waals surface area contributed by atoms with Gasteiger partial charge in [-0.25, -0.2) is 0 Å². The van der Waals surface area contributed by atoms with Crippen molar-refractivity contribution < 1.29 is 4.74 Å². The van der Waals surface area contributed by atoms with Crippen LogP contribution in [-0.2, 0) is 5.41 Å². The minimum atomic E-state index is -2.79. The first-order chi connectivity index (χ1) is 29.3. The minimum absolute atomic E-state index is 0.507. The number of anilines is 3. The predicted octanol–water partition coefficient (Wildman–Crippen LogP) is 11.5. The highest BCUT2D eigenvalue weighted by atomic mass is 32.2. The molecule has 0 saturated carbocycles. The summed E-state index contributed by atoms with van der Waals surface area (Å²) in [5.74, 6) is 1.86. The van der Waals surface area contributed by atoms with Crippen molar-refractivity contribution in [1.29, 1.82) is 0 Å². The number of nitrogens with zero attached hydrogens (tertiary/aromatic N) is 1. The fraction of sp³-hybridized carbons (Fsp3) is 0.0182. The van der Waals surface area contributed by atoms with Gasteiger partial charge in [-0.2, -0.15) is 0 Å². The van der Waals surface area contributed by atoms with E-state index in [4.69, 9.17) is 4.74 Å². The Morgan fingerprint density at radius 2 is 0.949 bits per heavy atom. The van der Waals surface area contributed by atoms with Crippen LogP contribution in [0.15, 0.2) is 234 Å². The summed E-state index contributed by atoms with van der Waals surface area (Å²) < 4.78 is 7.10. The number of para-hydroxylation sites is 2. The van der Waals surface area contributed by atoms with Gasteiger partial charge in [-0.3, -0.25) is 0 Å². The molecule has 0 unspecified atom stereocenters. The van der Waals surface area contributed by atoms with Crippen LogP contribution in [0, 0.1) is 0 Å². The predicted molar refractivity (Wildman–Crippen MR) is 246 cm³/mol. The Bertz CT molecular complexity index is 2970. The molecule has 2 nitrogen and oxygen atoms in total. The second-order valence-corrected chi connectivity index (χ2v) is 20.3. The molecule has 1 aliphatic carbocycles. The van der Waals surface area contributed by atoms with Crippen molar-refractivity contribution in [2.24, 2.45) is 0 Å². The molecule has 2 heterocycles. The highest BCUT2D eigenvalue weighted by Gasteiger charge is 2.52. The van der Waals surface area contributed by atoms with Crippen LogP contribution in [0.3, 0.4) is 0 Å². The molecule has 0 N–H and O–H groups in total. The van der Waals surface area contributed by atoms with E-state index >= 15 is 0 Å². The lowest BCUT2D eigenvalue weighted by Crippen LogP contribution is -2.77. The molecule has 0 atom stereocenters. The van der Waals surface area contributed by atoms with Crippen molar-refractivity contribution in [2.75, 3.05) is 4.90 Å². The molecule has 4 heteroatoms. The highest BCUT2D eigenvalue weighted by Crippen LogP contribution is 2.59. The summed E-state index contributed by atoms with van der Waals surface area (Å²) >= 11 is 1.89. The highest BCUT2D eigenvalue weighted by molar-refractivity contribution is 8.00. The molecule has 9 aromatic rings. The van der Waals surface area contributed by atoms with Crippen molar-refractivity contribution in [2.45, 2.75) is 15.2 Å². The van der Waals surface area contributed by atoms with Crippen LogP contribution in [0.2, 0.25) is 0 Å². The summed E-state index contributed by atoms with van der Waals surface area (Å²) in [5, 5.41) is 5.42. The Kier molecular flexibility index (Phi) is 7.74. The van der Waals surface area contributed by atoms with Crippen molar-refractivity contribution in [3.63, 3.8) is 0 Å². The summed E-state index contributed by atoms with van der Waals surface area (Å²) in [6.45, 7) is 0. The fourth-order valence-corrected chi connectivity index (χ4v) is 17.5. The molecule has 59 heavy (non-hydrogen) atoms. The molecule has 1 spiro atoms. The zero-order valence-corrected chi connectivity index (χ0v) is 33.9. The number of hydrogen-bond acceptors (Lipinski definition) is 3. The average Bonchev–Trinajstić information content (AvgIpc) is 3.62. The van der Waals surface area contributed by atoms with Crippen LogP contribution in [-0.4, -0.2) is 8.07 Å². The average molecular weight is 788 g/mol.